The maximum Gasteiger partial charge on any atom is 0.276 e. The van der Waals surface area contributed by atoms with Crippen LogP contribution >= 0.6 is 0 Å². The molecule has 5 nitrogen and oxygen atoms in total. The van der Waals surface area contributed by atoms with Gasteiger partial charge >= 0.3 is 0 Å². The lowest BCUT2D eigenvalue weighted by Crippen LogP contribution is -2.15. The van der Waals surface area contributed by atoms with Crippen molar-refractivity contribution in [3.63, 3.8) is 0 Å². The molecule has 0 saturated heterocycles. The number of likely N-dealkylation sites (N-methyl/N-ethyl adjacent to an activating group) is 1. The maximum absolute atomic E-state index is 11.0. The Morgan fingerprint density at radius 1 is 1.56 bits per heavy atom. The van der Waals surface area contributed by atoms with Gasteiger partial charge in [-0.15, -0.1) is 0 Å². The third kappa shape index (κ3) is 3.20. The highest BCUT2D eigenvalue weighted by Gasteiger charge is 2.14. The summed E-state index contributed by atoms with van der Waals surface area (Å²) in [6.07, 6.45) is 0.511. The Hall–Kier alpha value is -1.62. The predicted molar refractivity (Wildman–Crippen MR) is 61.9 cm³/mol. The van der Waals surface area contributed by atoms with E-state index >= 15 is 0 Å². The smallest absolute Gasteiger partial charge is 0.276 e. The summed E-state index contributed by atoms with van der Waals surface area (Å²) in [5.41, 5.74) is 0.431. The molecule has 0 aromatic heterocycles. The lowest BCUT2D eigenvalue weighted by molar-refractivity contribution is -0.385. The lowest BCUT2D eigenvalue weighted by atomic mass is 10.1. The molecule has 0 N–H and O–H groups in total. The molecule has 16 heavy (non-hydrogen) atoms. The molecule has 5 heteroatoms. The number of nitro benzene ring substituents is 1. The van der Waals surface area contributed by atoms with Gasteiger partial charge < -0.3 is 9.64 Å². The number of ether oxygens (including phenoxy) is 1. The zero-order valence-electron chi connectivity index (χ0n) is 12.3. The van der Waals surface area contributed by atoms with Gasteiger partial charge in [-0.3, -0.25) is 10.1 Å². The van der Waals surface area contributed by atoms with Crippen molar-refractivity contribution >= 4 is 5.69 Å². The van der Waals surface area contributed by atoms with Crippen molar-refractivity contribution < 1.29 is 13.8 Å². The Morgan fingerprint density at radius 2 is 2.31 bits per heavy atom. The van der Waals surface area contributed by atoms with E-state index in [1.54, 1.807) is 0 Å². The highest BCUT2D eigenvalue weighted by atomic mass is 16.6. The lowest BCUT2D eigenvalue weighted by Gasteiger charge is -2.10. The molecule has 0 unspecified atom stereocenters. The van der Waals surface area contributed by atoms with E-state index in [1.165, 1.54) is 12.1 Å². The van der Waals surface area contributed by atoms with Crippen molar-refractivity contribution in [3.8, 4) is 5.75 Å². The summed E-state index contributed by atoms with van der Waals surface area (Å²) in [6, 6.07) is 4.12. The average molecular weight is 227 g/mol. The highest BCUT2D eigenvalue weighted by molar-refractivity contribution is 5.46. The molecule has 0 heterocycles. The number of rotatable bonds is 5. The van der Waals surface area contributed by atoms with Gasteiger partial charge in [0.05, 0.1) is 22.1 Å². The van der Waals surface area contributed by atoms with Crippen LogP contribution in [-0.4, -0.2) is 37.5 Å². The summed E-state index contributed by atoms with van der Waals surface area (Å²) >= 11 is 0. The zero-order valence-corrected chi connectivity index (χ0v) is 9.27. The summed E-state index contributed by atoms with van der Waals surface area (Å²) < 4.78 is 25.6. The summed E-state index contributed by atoms with van der Waals surface area (Å²) in [5.74, 6) is -0.0275. The van der Waals surface area contributed by atoms with Gasteiger partial charge in [0.15, 0.2) is 0 Å². The van der Waals surface area contributed by atoms with Gasteiger partial charge in [0.1, 0.15) is 5.75 Å². The number of nitro groups is 1. The van der Waals surface area contributed by atoms with E-state index in [2.05, 4.69) is 4.74 Å². The standard InChI is InChI=1S/C11H16N2O3/c1-12(2)7-6-9-4-5-10(16-3)8-11(9)13(14)15/h4-5,8H,6-7H2,1-3H3/i3D3. The van der Waals surface area contributed by atoms with E-state index in [1.807, 2.05) is 19.0 Å². The first-order valence-corrected chi connectivity index (χ1v) is 4.80. The van der Waals surface area contributed by atoms with Crippen molar-refractivity contribution in [1.82, 2.24) is 4.90 Å². The van der Waals surface area contributed by atoms with E-state index in [0.717, 1.165) is 6.07 Å². The Labute approximate surface area is 99.0 Å². The molecule has 88 valence electrons. The first kappa shape index (κ1) is 8.52. The molecule has 0 atom stereocenters. The molecule has 0 bridgehead atoms. The van der Waals surface area contributed by atoms with Gasteiger partial charge in [-0.05, 0) is 32.6 Å². The monoisotopic (exact) mass is 227 g/mol. The average Bonchev–Trinajstić information content (AvgIpc) is 2.24. The number of benzene rings is 1. The first-order valence-electron chi connectivity index (χ1n) is 6.30. The first-order chi connectivity index (χ1) is 8.69. The minimum absolute atomic E-state index is 0.0275. The SMILES string of the molecule is [2H]C([2H])([2H])Oc1ccc(CCN(C)C)c([N+](=O)[O-])c1. The van der Waals surface area contributed by atoms with Crippen LogP contribution in [0.5, 0.6) is 5.75 Å². The van der Waals surface area contributed by atoms with Crippen molar-refractivity contribution in [1.29, 1.82) is 0 Å². The second-order valence-corrected chi connectivity index (χ2v) is 3.70. The van der Waals surface area contributed by atoms with Crippen LogP contribution in [0.4, 0.5) is 5.69 Å². The molecular weight excluding hydrogens is 208 g/mol. The van der Waals surface area contributed by atoms with E-state index in [0.29, 0.717) is 18.5 Å². The van der Waals surface area contributed by atoms with Gasteiger partial charge in [0, 0.05) is 12.1 Å². The van der Waals surface area contributed by atoms with Crippen LogP contribution in [0.25, 0.3) is 0 Å². The second kappa shape index (κ2) is 5.46. The van der Waals surface area contributed by atoms with E-state index in [-0.39, 0.29) is 11.4 Å². The zero-order chi connectivity index (χ0) is 14.6. The van der Waals surface area contributed by atoms with Crippen LogP contribution in [-0.2, 0) is 6.42 Å². The molecule has 0 aliphatic heterocycles. The van der Waals surface area contributed by atoms with Crippen molar-refractivity contribution in [2.24, 2.45) is 0 Å². The van der Waals surface area contributed by atoms with Crippen LogP contribution in [0.15, 0.2) is 18.2 Å². The Kier molecular flexibility index (Phi) is 2.91. The van der Waals surface area contributed by atoms with Crippen LogP contribution < -0.4 is 4.74 Å². The minimum atomic E-state index is -2.61. The van der Waals surface area contributed by atoms with Gasteiger partial charge in [-0.2, -0.15) is 0 Å². The topological polar surface area (TPSA) is 55.6 Å². The number of nitrogens with zero attached hydrogens (tertiary/aromatic N) is 2. The van der Waals surface area contributed by atoms with Crippen molar-refractivity contribution in [2.45, 2.75) is 6.42 Å². The molecule has 0 fully saturated rings. The predicted octanol–water partition coefficient (Wildman–Crippen LogP) is 1.71. The normalized spacial score (nSPS) is 14.1. The third-order valence-electron chi connectivity index (χ3n) is 2.20. The molecule has 1 aromatic rings. The second-order valence-electron chi connectivity index (χ2n) is 3.70. The number of hydrogen-bond acceptors (Lipinski definition) is 4. The van der Waals surface area contributed by atoms with E-state index < -0.39 is 12.0 Å². The molecule has 1 aromatic carbocycles. The minimum Gasteiger partial charge on any atom is -0.497 e. The Balaban J connectivity index is 2.98. The summed E-state index contributed by atoms with van der Waals surface area (Å²) in [7, 11) is 1.13. The molecule has 0 amide bonds. The number of hydrogen-bond donors (Lipinski definition) is 0. The fraction of sp³-hybridized carbons (Fsp3) is 0.455. The van der Waals surface area contributed by atoms with E-state index in [4.69, 9.17) is 4.11 Å². The van der Waals surface area contributed by atoms with Gasteiger partial charge in [-0.25, -0.2) is 0 Å². The largest absolute Gasteiger partial charge is 0.497 e. The van der Waals surface area contributed by atoms with Gasteiger partial charge in [-0.1, -0.05) is 0 Å². The molecule has 0 spiro atoms. The van der Waals surface area contributed by atoms with E-state index in [9.17, 15) is 10.1 Å². The van der Waals surface area contributed by atoms with Crippen LogP contribution in [0.3, 0.4) is 0 Å². The summed E-state index contributed by atoms with van der Waals surface area (Å²) in [4.78, 5) is 12.4. The summed E-state index contributed by atoms with van der Waals surface area (Å²) in [5, 5.41) is 11.0. The molecule has 1 rings (SSSR count). The molecule has 0 radical (unpaired) electrons. The van der Waals surface area contributed by atoms with Crippen molar-refractivity contribution in [2.75, 3.05) is 27.7 Å². The quantitative estimate of drug-likeness (QED) is 0.567. The number of methoxy groups -OCH3 is 1. The Bertz CT molecular complexity index is 461. The third-order valence-corrected chi connectivity index (χ3v) is 2.20. The van der Waals surface area contributed by atoms with Crippen LogP contribution in [0.2, 0.25) is 0 Å². The van der Waals surface area contributed by atoms with Crippen LogP contribution in [0, 0.1) is 10.1 Å². The maximum atomic E-state index is 11.0. The summed E-state index contributed by atoms with van der Waals surface area (Å²) in [6.45, 7) is 0.667. The Morgan fingerprint density at radius 3 is 2.88 bits per heavy atom. The fourth-order valence-electron chi connectivity index (χ4n) is 1.33. The van der Waals surface area contributed by atoms with Crippen LogP contribution in [0.1, 0.15) is 9.68 Å². The van der Waals surface area contributed by atoms with Gasteiger partial charge in [0.2, 0.25) is 0 Å². The molecule has 0 aliphatic rings. The van der Waals surface area contributed by atoms with Gasteiger partial charge in [0.25, 0.3) is 5.69 Å². The fourth-order valence-corrected chi connectivity index (χ4v) is 1.33. The molecular formula is C11H16N2O3. The van der Waals surface area contributed by atoms with Crippen molar-refractivity contribution in [3.05, 3.63) is 33.9 Å². The highest BCUT2D eigenvalue weighted by Crippen LogP contribution is 2.24. The molecule has 0 aliphatic carbocycles. The molecule has 0 saturated carbocycles.